The van der Waals surface area contributed by atoms with Crippen LogP contribution in [-0.2, 0) is 0 Å². The lowest BCUT2D eigenvalue weighted by Gasteiger charge is -2.04. The molecule has 0 radical (unpaired) electrons. The number of hydrogen-bond acceptors (Lipinski definition) is 9. The molecule has 5 aromatic rings. The standard InChI is InChI=1S/C12H6N6.C3H3N3/c1-2-4-8-7(3-1)9-5-6-13-14-10(9)12-11(8)15-17-18-16-12;1-2-4-6-5-3-1/h1-6H;1-3H. The third kappa shape index (κ3) is 2.43. The lowest BCUT2D eigenvalue weighted by atomic mass is 10.0. The maximum Gasteiger partial charge on any atom is 0.144 e. The van der Waals surface area contributed by atoms with E-state index in [1.54, 1.807) is 24.7 Å². The topological polar surface area (TPSA) is 116 Å². The lowest BCUT2D eigenvalue weighted by Crippen LogP contribution is -1.96. The van der Waals surface area contributed by atoms with Gasteiger partial charge in [-0.15, -0.1) is 25.5 Å². The van der Waals surface area contributed by atoms with E-state index in [1.807, 2.05) is 30.3 Å². The molecule has 3 heterocycles. The molecule has 0 aliphatic rings. The van der Waals surface area contributed by atoms with Gasteiger partial charge < -0.3 is 0 Å². The summed E-state index contributed by atoms with van der Waals surface area (Å²) in [5.41, 5.74) is 2.04. The van der Waals surface area contributed by atoms with Gasteiger partial charge in [0.15, 0.2) is 0 Å². The third-order valence-corrected chi connectivity index (χ3v) is 3.38. The van der Waals surface area contributed by atoms with Gasteiger partial charge in [-0.3, -0.25) is 0 Å². The highest BCUT2D eigenvalue weighted by molar-refractivity contribution is 6.21. The molecule has 0 N–H and O–H groups in total. The van der Waals surface area contributed by atoms with Gasteiger partial charge in [0.1, 0.15) is 16.6 Å². The number of rotatable bonds is 0. The molecule has 114 valence electrons. The fraction of sp³-hybridized carbons (Fsp3) is 0. The molecular weight excluding hydrogens is 306 g/mol. The quantitative estimate of drug-likeness (QED) is 0.391. The smallest absolute Gasteiger partial charge is 0.144 e. The molecule has 0 amide bonds. The first-order valence-electron chi connectivity index (χ1n) is 7.01. The highest BCUT2D eigenvalue weighted by Crippen LogP contribution is 2.30. The Morgan fingerprint density at radius 3 is 1.83 bits per heavy atom. The minimum absolute atomic E-state index is 0.631. The van der Waals surface area contributed by atoms with Gasteiger partial charge in [0.2, 0.25) is 0 Å². The molecule has 5 rings (SSSR count). The molecule has 0 fully saturated rings. The zero-order valence-electron chi connectivity index (χ0n) is 12.2. The average Bonchev–Trinajstić information content (AvgIpc) is 2.70. The number of nitrogens with zero attached hydrogens (tertiary/aromatic N) is 9. The van der Waals surface area contributed by atoms with Crippen LogP contribution in [0.5, 0.6) is 0 Å². The van der Waals surface area contributed by atoms with Crippen LogP contribution in [-0.4, -0.2) is 46.2 Å². The van der Waals surface area contributed by atoms with E-state index in [0.717, 1.165) is 16.2 Å². The molecule has 9 heteroatoms. The summed E-state index contributed by atoms with van der Waals surface area (Å²) in [5, 5.41) is 36.5. The Kier molecular flexibility index (Phi) is 3.57. The first kappa shape index (κ1) is 13.9. The van der Waals surface area contributed by atoms with Gasteiger partial charge in [-0.2, -0.15) is 5.10 Å². The van der Waals surface area contributed by atoms with Crippen LogP contribution in [0.3, 0.4) is 0 Å². The third-order valence-electron chi connectivity index (χ3n) is 3.38. The van der Waals surface area contributed by atoms with Gasteiger partial charge in [-0.1, -0.05) is 24.3 Å². The molecule has 0 spiro atoms. The van der Waals surface area contributed by atoms with E-state index in [2.05, 4.69) is 46.2 Å². The number of fused-ring (bicyclic) bond motifs is 6. The summed E-state index contributed by atoms with van der Waals surface area (Å²) >= 11 is 0. The van der Waals surface area contributed by atoms with E-state index in [9.17, 15) is 0 Å². The van der Waals surface area contributed by atoms with Crippen molar-refractivity contribution in [3.8, 4) is 0 Å². The first-order valence-corrected chi connectivity index (χ1v) is 7.01. The summed E-state index contributed by atoms with van der Waals surface area (Å²) in [6.45, 7) is 0. The first-order chi connectivity index (χ1) is 11.9. The van der Waals surface area contributed by atoms with Crippen molar-refractivity contribution >= 4 is 32.7 Å². The normalized spacial score (nSPS) is 10.5. The molecule has 0 bridgehead atoms. The average molecular weight is 315 g/mol. The summed E-state index contributed by atoms with van der Waals surface area (Å²) in [5.74, 6) is 0. The van der Waals surface area contributed by atoms with E-state index in [1.165, 1.54) is 0 Å². The molecule has 0 atom stereocenters. The van der Waals surface area contributed by atoms with Gasteiger partial charge in [0.25, 0.3) is 0 Å². The summed E-state index contributed by atoms with van der Waals surface area (Å²) in [6, 6.07) is 11.6. The Morgan fingerprint density at radius 2 is 1.12 bits per heavy atom. The lowest BCUT2D eigenvalue weighted by molar-refractivity contribution is 0.799. The molecule has 9 nitrogen and oxygen atoms in total. The molecule has 0 saturated carbocycles. The summed E-state index contributed by atoms with van der Waals surface area (Å²) in [4.78, 5) is 0. The van der Waals surface area contributed by atoms with Gasteiger partial charge in [0, 0.05) is 10.8 Å². The molecule has 0 aliphatic carbocycles. The zero-order valence-corrected chi connectivity index (χ0v) is 12.2. The largest absolute Gasteiger partial charge is 0.158 e. The highest BCUT2D eigenvalue weighted by atomic mass is 15.4. The van der Waals surface area contributed by atoms with E-state index >= 15 is 0 Å². The Bertz CT molecular complexity index is 867. The minimum atomic E-state index is 0.631. The van der Waals surface area contributed by atoms with Crippen LogP contribution in [0.1, 0.15) is 0 Å². The molecule has 24 heavy (non-hydrogen) atoms. The zero-order chi connectivity index (χ0) is 16.2. The molecular formula is C15H9N9. The van der Waals surface area contributed by atoms with E-state index < -0.39 is 0 Å². The summed E-state index contributed by atoms with van der Waals surface area (Å²) in [7, 11) is 0. The van der Waals surface area contributed by atoms with Crippen LogP contribution in [0.2, 0.25) is 0 Å². The van der Waals surface area contributed by atoms with Crippen molar-refractivity contribution in [2.24, 2.45) is 0 Å². The summed E-state index contributed by atoms with van der Waals surface area (Å²) in [6.07, 6.45) is 4.82. The summed E-state index contributed by atoms with van der Waals surface area (Å²) < 4.78 is 0. The van der Waals surface area contributed by atoms with Crippen molar-refractivity contribution < 1.29 is 0 Å². The predicted molar refractivity (Wildman–Crippen MR) is 85.6 cm³/mol. The number of benzene rings is 2. The Labute approximate surface area is 134 Å². The van der Waals surface area contributed by atoms with Crippen LogP contribution < -0.4 is 0 Å². The van der Waals surface area contributed by atoms with Gasteiger partial charge in [0.05, 0.1) is 18.6 Å². The van der Waals surface area contributed by atoms with E-state index in [0.29, 0.717) is 16.6 Å². The second-order valence-electron chi connectivity index (χ2n) is 4.73. The van der Waals surface area contributed by atoms with Crippen LogP contribution in [0.15, 0.2) is 55.0 Å². The SMILES string of the molecule is c1ccc2c(c1)c1ccnnc1c1nnnnc21.c1cnnnc1. The Morgan fingerprint density at radius 1 is 0.458 bits per heavy atom. The van der Waals surface area contributed by atoms with Crippen molar-refractivity contribution in [2.75, 3.05) is 0 Å². The maximum absolute atomic E-state index is 4.14. The molecule has 0 saturated heterocycles. The molecule has 2 aromatic carbocycles. The van der Waals surface area contributed by atoms with E-state index in [4.69, 9.17) is 0 Å². The van der Waals surface area contributed by atoms with Crippen LogP contribution >= 0.6 is 0 Å². The fourth-order valence-electron chi connectivity index (χ4n) is 2.42. The van der Waals surface area contributed by atoms with Crippen molar-refractivity contribution in [1.82, 2.24) is 46.2 Å². The highest BCUT2D eigenvalue weighted by Gasteiger charge is 2.11. The van der Waals surface area contributed by atoms with E-state index in [-0.39, 0.29) is 0 Å². The number of aromatic nitrogens is 9. The van der Waals surface area contributed by atoms with Gasteiger partial charge in [-0.25, -0.2) is 0 Å². The van der Waals surface area contributed by atoms with Crippen molar-refractivity contribution in [1.29, 1.82) is 0 Å². The van der Waals surface area contributed by atoms with Crippen LogP contribution in [0.4, 0.5) is 0 Å². The predicted octanol–water partition coefficient (Wildman–Crippen LogP) is 1.39. The maximum atomic E-state index is 4.14. The van der Waals surface area contributed by atoms with Crippen molar-refractivity contribution in [2.45, 2.75) is 0 Å². The van der Waals surface area contributed by atoms with Gasteiger partial charge >= 0.3 is 0 Å². The number of hydrogen-bond donors (Lipinski definition) is 0. The molecule has 0 aliphatic heterocycles. The molecule has 0 unspecified atom stereocenters. The van der Waals surface area contributed by atoms with Crippen LogP contribution in [0.25, 0.3) is 32.7 Å². The monoisotopic (exact) mass is 315 g/mol. The van der Waals surface area contributed by atoms with Crippen LogP contribution in [0, 0.1) is 0 Å². The van der Waals surface area contributed by atoms with Gasteiger partial charge in [-0.05, 0) is 33.2 Å². The Hall–Kier alpha value is -3.75. The van der Waals surface area contributed by atoms with Crippen molar-refractivity contribution in [3.63, 3.8) is 0 Å². The molecule has 3 aromatic heterocycles. The van der Waals surface area contributed by atoms with Crippen molar-refractivity contribution in [3.05, 3.63) is 55.0 Å². The Balaban J connectivity index is 0.000000207. The minimum Gasteiger partial charge on any atom is -0.158 e. The second kappa shape index (κ2) is 6.16. The second-order valence-corrected chi connectivity index (χ2v) is 4.73. The fourth-order valence-corrected chi connectivity index (χ4v) is 2.42.